The van der Waals surface area contributed by atoms with Crippen LogP contribution in [-0.2, 0) is 19.5 Å². The molecule has 0 bridgehead atoms. The number of pyridine rings is 1. The van der Waals surface area contributed by atoms with Gasteiger partial charge in [0.15, 0.2) is 0 Å². The van der Waals surface area contributed by atoms with Gasteiger partial charge in [-0.15, -0.1) is 0 Å². The molecule has 5 rings (SSSR count). The summed E-state index contributed by atoms with van der Waals surface area (Å²) in [5, 5.41) is 7.98. The van der Waals surface area contributed by atoms with E-state index in [4.69, 9.17) is 5.10 Å². The number of nitrogens with one attached hydrogen (secondary N) is 1. The quantitative estimate of drug-likeness (QED) is 0.729. The second-order valence-corrected chi connectivity index (χ2v) is 8.44. The fraction of sp³-hybridized carbons (Fsp3) is 0.375. The molecule has 1 fully saturated rings. The molecule has 6 nitrogen and oxygen atoms in total. The van der Waals surface area contributed by atoms with E-state index >= 15 is 0 Å². The highest BCUT2D eigenvalue weighted by Crippen LogP contribution is 2.33. The van der Waals surface area contributed by atoms with Crippen LogP contribution in [0.15, 0.2) is 48.7 Å². The van der Waals surface area contributed by atoms with Gasteiger partial charge in [-0.1, -0.05) is 30.3 Å². The molecule has 6 heteroatoms. The van der Waals surface area contributed by atoms with Crippen molar-refractivity contribution in [2.75, 3.05) is 19.6 Å². The predicted octanol–water partition coefficient (Wildman–Crippen LogP) is 3.30. The highest BCUT2D eigenvalue weighted by Gasteiger charge is 2.33. The van der Waals surface area contributed by atoms with Gasteiger partial charge in [0.25, 0.3) is 5.91 Å². The van der Waals surface area contributed by atoms with Gasteiger partial charge >= 0.3 is 0 Å². The lowest BCUT2D eigenvalue weighted by Gasteiger charge is -2.27. The summed E-state index contributed by atoms with van der Waals surface area (Å²) in [5.74, 6) is 0.365. The zero-order valence-corrected chi connectivity index (χ0v) is 17.3. The minimum atomic E-state index is 0.0695. The summed E-state index contributed by atoms with van der Waals surface area (Å²) < 4.78 is 0. The number of hydrogen-bond acceptors (Lipinski definition) is 4. The third-order valence-electron chi connectivity index (χ3n) is 6.31. The molecule has 0 aliphatic carbocycles. The van der Waals surface area contributed by atoms with E-state index in [1.165, 1.54) is 16.8 Å². The Morgan fingerprint density at radius 3 is 2.83 bits per heavy atom. The molecule has 2 aliphatic rings. The first-order valence-electron chi connectivity index (χ1n) is 10.7. The Balaban J connectivity index is 1.28. The fourth-order valence-electron chi connectivity index (χ4n) is 4.63. The highest BCUT2D eigenvalue weighted by atomic mass is 16.2. The van der Waals surface area contributed by atoms with Crippen LogP contribution in [0.4, 0.5) is 0 Å². The van der Waals surface area contributed by atoms with Crippen LogP contribution in [0, 0.1) is 6.92 Å². The van der Waals surface area contributed by atoms with Crippen molar-refractivity contribution >= 4 is 5.91 Å². The Labute approximate surface area is 176 Å². The van der Waals surface area contributed by atoms with Crippen LogP contribution in [0.3, 0.4) is 0 Å². The zero-order valence-electron chi connectivity index (χ0n) is 17.3. The summed E-state index contributed by atoms with van der Waals surface area (Å²) >= 11 is 0. The molecule has 154 valence electrons. The van der Waals surface area contributed by atoms with Crippen LogP contribution in [-0.4, -0.2) is 50.5 Å². The molecule has 1 atom stereocenters. The van der Waals surface area contributed by atoms with Crippen LogP contribution >= 0.6 is 0 Å². The average Bonchev–Trinajstić information content (AvgIpc) is 3.41. The number of carbonyl (C=O) groups excluding carboxylic acids is 1. The van der Waals surface area contributed by atoms with Crippen LogP contribution in [0.1, 0.15) is 50.9 Å². The summed E-state index contributed by atoms with van der Waals surface area (Å²) in [6.07, 6.45) is 3.64. The molecule has 1 amide bonds. The van der Waals surface area contributed by atoms with Crippen molar-refractivity contribution in [3.8, 4) is 0 Å². The average molecular weight is 402 g/mol. The number of amides is 1. The molecule has 1 aromatic carbocycles. The van der Waals surface area contributed by atoms with Gasteiger partial charge in [0.2, 0.25) is 0 Å². The predicted molar refractivity (Wildman–Crippen MR) is 115 cm³/mol. The van der Waals surface area contributed by atoms with Gasteiger partial charge in [0, 0.05) is 68.2 Å². The molecule has 2 aromatic heterocycles. The van der Waals surface area contributed by atoms with Gasteiger partial charge in [0.05, 0.1) is 11.3 Å². The van der Waals surface area contributed by atoms with E-state index < -0.39 is 0 Å². The number of aryl methyl sites for hydroxylation is 1. The Morgan fingerprint density at radius 2 is 2.03 bits per heavy atom. The van der Waals surface area contributed by atoms with E-state index in [2.05, 4.69) is 45.3 Å². The number of hydrogen-bond donors (Lipinski definition) is 1. The van der Waals surface area contributed by atoms with Gasteiger partial charge in [-0.05, 0) is 31.0 Å². The Kier molecular flexibility index (Phi) is 5.09. The minimum Gasteiger partial charge on any atom is -0.338 e. The Hall–Kier alpha value is -2.99. The van der Waals surface area contributed by atoms with Crippen molar-refractivity contribution in [2.24, 2.45) is 0 Å². The van der Waals surface area contributed by atoms with Crippen LogP contribution in [0.2, 0.25) is 0 Å². The molecular weight excluding hydrogens is 374 g/mol. The van der Waals surface area contributed by atoms with E-state index in [9.17, 15) is 4.79 Å². The van der Waals surface area contributed by atoms with Crippen molar-refractivity contribution in [1.29, 1.82) is 0 Å². The minimum absolute atomic E-state index is 0.0695. The van der Waals surface area contributed by atoms with Crippen LogP contribution in [0.25, 0.3) is 0 Å². The molecular formula is C24H27N5O. The number of nitrogens with zero attached hydrogens (tertiary/aromatic N) is 4. The number of benzene rings is 1. The highest BCUT2D eigenvalue weighted by molar-refractivity contribution is 5.94. The second-order valence-electron chi connectivity index (χ2n) is 8.44. The van der Waals surface area contributed by atoms with Crippen molar-refractivity contribution in [3.63, 3.8) is 0 Å². The summed E-state index contributed by atoms with van der Waals surface area (Å²) in [7, 11) is 0. The first-order chi connectivity index (χ1) is 14.7. The van der Waals surface area contributed by atoms with Crippen molar-refractivity contribution in [2.45, 2.75) is 38.8 Å². The lowest BCUT2D eigenvalue weighted by molar-refractivity contribution is 0.0790. The Morgan fingerprint density at radius 1 is 1.17 bits per heavy atom. The zero-order chi connectivity index (χ0) is 20.5. The maximum absolute atomic E-state index is 12.9. The van der Waals surface area contributed by atoms with Crippen molar-refractivity contribution in [1.82, 2.24) is 25.0 Å². The fourth-order valence-corrected chi connectivity index (χ4v) is 4.63. The summed E-state index contributed by atoms with van der Waals surface area (Å²) in [5.41, 5.74) is 6.69. The van der Waals surface area contributed by atoms with Gasteiger partial charge in [-0.3, -0.25) is 19.8 Å². The van der Waals surface area contributed by atoms with Crippen LogP contribution in [0.5, 0.6) is 0 Å². The molecule has 1 saturated heterocycles. The summed E-state index contributed by atoms with van der Waals surface area (Å²) in [6, 6.07) is 14.4. The van der Waals surface area contributed by atoms with Crippen molar-refractivity contribution < 1.29 is 4.79 Å². The van der Waals surface area contributed by atoms with Gasteiger partial charge in [-0.25, -0.2) is 0 Å². The number of carbonyl (C=O) groups is 1. The monoisotopic (exact) mass is 401 g/mol. The molecule has 2 aliphatic heterocycles. The maximum Gasteiger partial charge on any atom is 0.255 e. The second kappa shape index (κ2) is 8.03. The molecule has 1 N–H and O–H groups in total. The Bertz CT molecular complexity index is 1030. The first-order valence-corrected chi connectivity index (χ1v) is 10.7. The van der Waals surface area contributed by atoms with E-state index in [-0.39, 0.29) is 5.91 Å². The smallest absolute Gasteiger partial charge is 0.255 e. The normalized spacial score (nSPS) is 19.1. The summed E-state index contributed by atoms with van der Waals surface area (Å²) in [6.45, 7) is 6.35. The van der Waals surface area contributed by atoms with Gasteiger partial charge in [-0.2, -0.15) is 5.10 Å². The number of aromatic nitrogens is 3. The molecule has 30 heavy (non-hydrogen) atoms. The van der Waals surface area contributed by atoms with Gasteiger partial charge in [0.1, 0.15) is 0 Å². The summed E-state index contributed by atoms with van der Waals surface area (Å²) in [4.78, 5) is 21.6. The van der Waals surface area contributed by atoms with E-state index in [1.807, 2.05) is 24.0 Å². The third-order valence-corrected chi connectivity index (χ3v) is 6.31. The number of fused-ring (bicyclic) bond motifs is 1. The van der Waals surface area contributed by atoms with Crippen LogP contribution < -0.4 is 0 Å². The maximum atomic E-state index is 12.9. The largest absolute Gasteiger partial charge is 0.338 e. The molecule has 0 radical (unpaired) electrons. The molecule has 4 heterocycles. The number of likely N-dealkylation sites (tertiary alicyclic amines) is 1. The lowest BCUT2D eigenvalue weighted by Crippen LogP contribution is -2.31. The topological polar surface area (TPSA) is 65.1 Å². The van der Waals surface area contributed by atoms with E-state index in [0.29, 0.717) is 11.5 Å². The van der Waals surface area contributed by atoms with Crippen molar-refractivity contribution in [3.05, 3.63) is 82.4 Å². The number of rotatable bonds is 4. The molecule has 1 unspecified atom stereocenters. The molecule has 0 saturated carbocycles. The van der Waals surface area contributed by atoms with E-state index in [0.717, 1.165) is 57.0 Å². The first kappa shape index (κ1) is 19.0. The third kappa shape index (κ3) is 3.75. The van der Waals surface area contributed by atoms with Gasteiger partial charge < -0.3 is 4.90 Å². The van der Waals surface area contributed by atoms with E-state index in [1.54, 1.807) is 6.20 Å². The number of H-pyrrole nitrogens is 1. The molecule has 0 spiro atoms. The molecule has 3 aromatic rings. The SMILES string of the molecule is Cc1ccc(C(=O)N2CCC(c3n[nH]c4c3CN(Cc3ccccc3)CC4)C2)cn1. The lowest BCUT2D eigenvalue weighted by atomic mass is 9.96. The number of aromatic amines is 1. The standard InChI is InChI=1S/C24H27N5O/c1-17-7-8-19(13-25-17)24(30)29-12-9-20(15-29)23-21-16-28(11-10-22(21)26-27-23)14-18-5-3-2-4-6-18/h2-8,13,20H,9-12,14-16H2,1H3,(H,26,27).